The minimum atomic E-state index is 0.327. The SMILES string of the molecule is CCC1CN(C)CCCN1C(CN)c1ccc(Br)c(C)c1. The summed E-state index contributed by atoms with van der Waals surface area (Å²) in [5.74, 6) is 0. The molecule has 2 N–H and O–H groups in total. The molecule has 118 valence electrons. The van der Waals surface area contributed by atoms with Gasteiger partial charge in [-0.05, 0) is 50.6 Å². The third kappa shape index (κ3) is 4.07. The number of hydrogen-bond acceptors (Lipinski definition) is 3. The Morgan fingerprint density at radius 1 is 1.38 bits per heavy atom. The van der Waals surface area contributed by atoms with Crippen molar-refractivity contribution in [3.63, 3.8) is 0 Å². The van der Waals surface area contributed by atoms with E-state index in [9.17, 15) is 0 Å². The molecular formula is C17H28BrN3. The Bertz CT molecular complexity index is 463. The fourth-order valence-corrected chi connectivity index (χ4v) is 3.62. The van der Waals surface area contributed by atoms with E-state index >= 15 is 0 Å². The van der Waals surface area contributed by atoms with Crippen LogP contribution >= 0.6 is 15.9 Å². The fraction of sp³-hybridized carbons (Fsp3) is 0.647. The van der Waals surface area contributed by atoms with Crippen molar-refractivity contribution in [3.05, 3.63) is 33.8 Å². The third-order valence-corrected chi connectivity index (χ3v) is 5.50. The van der Waals surface area contributed by atoms with Gasteiger partial charge in [0.25, 0.3) is 0 Å². The topological polar surface area (TPSA) is 32.5 Å². The van der Waals surface area contributed by atoms with Gasteiger partial charge in [0.1, 0.15) is 0 Å². The lowest BCUT2D eigenvalue weighted by molar-refractivity contribution is 0.131. The van der Waals surface area contributed by atoms with Gasteiger partial charge < -0.3 is 10.6 Å². The molecule has 0 aromatic heterocycles. The molecule has 1 fully saturated rings. The Morgan fingerprint density at radius 2 is 2.14 bits per heavy atom. The quantitative estimate of drug-likeness (QED) is 0.902. The lowest BCUT2D eigenvalue weighted by Crippen LogP contribution is -2.44. The Kier molecular flexibility index (Phi) is 6.23. The summed E-state index contributed by atoms with van der Waals surface area (Å²) >= 11 is 3.59. The first-order valence-corrected chi connectivity index (χ1v) is 8.76. The van der Waals surface area contributed by atoms with Gasteiger partial charge in [-0.15, -0.1) is 0 Å². The Balaban J connectivity index is 2.27. The van der Waals surface area contributed by atoms with Crippen LogP contribution in [0.2, 0.25) is 0 Å². The number of nitrogens with zero attached hydrogens (tertiary/aromatic N) is 2. The minimum Gasteiger partial charge on any atom is -0.329 e. The number of halogens is 1. The summed E-state index contributed by atoms with van der Waals surface area (Å²) in [6, 6.07) is 7.57. The monoisotopic (exact) mass is 353 g/mol. The molecule has 4 heteroatoms. The molecule has 1 aromatic carbocycles. The van der Waals surface area contributed by atoms with E-state index in [1.165, 1.54) is 35.0 Å². The molecule has 2 unspecified atom stereocenters. The summed E-state index contributed by atoms with van der Waals surface area (Å²) in [7, 11) is 2.23. The number of benzene rings is 1. The van der Waals surface area contributed by atoms with Crippen LogP contribution in [0.4, 0.5) is 0 Å². The van der Waals surface area contributed by atoms with E-state index in [0.29, 0.717) is 18.6 Å². The predicted octanol–water partition coefficient (Wildman–Crippen LogP) is 3.17. The van der Waals surface area contributed by atoms with E-state index in [1.54, 1.807) is 0 Å². The highest BCUT2D eigenvalue weighted by molar-refractivity contribution is 9.10. The van der Waals surface area contributed by atoms with Gasteiger partial charge in [-0.3, -0.25) is 4.90 Å². The summed E-state index contributed by atoms with van der Waals surface area (Å²) < 4.78 is 1.17. The van der Waals surface area contributed by atoms with Crippen molar-refractivity contribution in [3.8, 4) is 0 Å². The maximum absolute atomic E-state index is 6.16. The number of nitrogens with two attached hydrogens (primary N) is 1. The van der Waals surface area contributed by atoms with Crippen LogP contribution < -0.4 is 5.73 Å². The molecule has 1 aromatic rings. The van der Waals surface area contributed by atoms with Crippen molar-refractivity contribution in [2.24, 2.45) is 5.73 Å². The molecule has 0 spiro atoms. The van der Waals surface area contributed by atoms with E-state index in [0.717, 1.165) is 13.1 Å². The zero-order valence-corrected chi connectivity index (χ0v) is 15.1. The van der Waals surface area contributed by atoms with Crippen LogP contribution in [0, 0.1) is 6.92 Å². The minimum absolute atomic E-state index is 0.327. The maximum atomic E-state index is 6.16. The zero-order chi connectivity index (χ0) is 15.4. The lowest BCUT2D eigenvalue weighted by atomic mass is 10.00. The molecule has 1 aliphatic heterocycles. The maximum Gasteiger partial charge on any atom is 0.0474 e. The van der Waals surface area contributed by atoms with Gasteiger partial charge in [-0.2, -0.15) is 0 Å². The molecular weight excluding hydrogens is 326 g/mol. The van der Waals surface area contributed by atoms with E-state index in [-0.39, 0.29) is 0 Å². The molecule has 0 saturated carbocycles. The number of hydrogen-bond donors (Lipinski definition) is 1. The standard InChI is InChI=1S/C17H28BrN3/c1-4-15-12-20(3)8-5-9-21(15)17(11-19)14-6-7-16(18)13(2)10-14/h6-7,10,15,17H,4-5,8-9,11-12,19H2,1-3H3. The van der Waals surface area contributed by atoms with E-state index < -0.39 is 0 Å². The molecule has 1 aliphatic rings. The average molecular weight is 354 g/mol. The van der Waals surface area contributed by atoms with Crippen LogP contribution in [0.1, 0.15) is 36.9 Å². The van der Waals surface area contributed by atoms with E-state index in [1.807, 2.05) is 0 Å². The summed E-state index contributed by atoms with van der Waals surface area (Å²) in [5.41, 5.74) is 8.79. The second-order valence-electron chi connectivity index (χ2n) is 6.18. The van der Waals surface area contributed by atoms with Gasteiger partial charge in [0.05, 0.1) is 0 Å². The van der Waals surface area contributed by atoms with Crippen molar-refractivity contribution < 1.29 is 0 Å². The van der Waals surface area contributed by atoms with Gasteiger partial charge in [0, 0.05) is 36.2 Å². The number of likely N-dealkylation sites (N-methyl/N-ethyl adjacent to an activating group) is 1. The third-order valence-electron chi connectivity index (χ3n) is 4.61. The molecule has 0 amide bonds. The summed E-state index contributed by atoms with van der Waals surface area (Å²) in [4.78, 5) is 5.08. The van der Waals surface area contributed by atoms with E-state index in [2.05, 4.69) is 64.8 Å². The number of rotatable bonds is 4. The smallest absolute Gasteiger partial charge is 0.0474 e. The van der Waals surface area contributed by atoms with Gasteiger partial charge in [0.15, 0.2) is 0 Å². The van der Waals surface area contributed by atoms with Crippen LogP contribution in [0.5, 0.6) is 0 Å². The van der Waals surface area contributed by atoms with Crippen LogP contribution in [-0.4, -0.2) is 49.1 Å². The van der Waals surface area contributed by atoms with Crippen molar-refractivity contribution in [1.82, 2.24) is 9.80 Å². The molecule has 1 saturated heterocycles. The van der Waals surface area contributed by atoms with Crippen LogP contribution in [-0.2, 0) is 0 Å². The molecule has 2 rings (SSSR count). The zero-order valence-electron chi connectivity index (χ0n) is 13.5. The first-order valence-electron chi connectivity index (χ1n) is 7.97. The molecule has 3 nitrogen and oxygen atoms in total. The van der Waals surface area contributed by atoms with Crippen molar-refractivity contribution in [1.29, 1.82) is 0 Å². The number of aryl methyl sites for hydroxylation is 1. The van der Waals surface area contributed by atoms with Crippen LogP contribution in [0.25, 0.3) is 0 Å². The molecule has 0 aliphatic carbocycles. The highest BCUT2D eigenvalue weighted by Crippen LogP contribution is 2.28. The molecule has 0 radical (unpaired) electrons. The Labute approximate surface area is 137 Å². The Hall–Kier alpha value is -0.420. The fourth-order valence-electron chi connectivity index (χ4n) is 3.37. The Morgan fingerprint density at radius 3 is 2.76 bits per heavy atom. The van der Waals surface area contributed by atoms with Crippen molar-refractivity contribution in [2.75, 3.05) is 33.2 Å². The highest BCUT2D eigenvalue weighted by Gasteiger charge is 2.28. The highest BCUT2D eigenvalue weighted by atomic mass is 79.9. The lowest BCUT2D eigenvalue weighted by Gasteiger charge is -2.37. The van der Waals surface area contributed by atoms with Crippen LogP contribution in [0.3, 0.4) is 0 Å². The molecule has 21 heavy (non-hydrogen) atoms. The molecule has 1 heterocycles. The van der Waals surface area contributed by atoms with Crippen molar-refractivity contribution >= 4 is 15.9 Å². The van der Waals surface area contributed by atoms with Gasteiger partial charge in [-0.1, -0.05) is 35.0 Å². The van der Waals surface area contributed by atoms with E-state index in [4.69, 9.17) is 5.73 Å². The van der Waals surface area contributed by atoms with Gasteiger partial charge >= 0.3 is 0 Å². The average Bonchev–Trinajstić information content (AvgIpc) is 2.65. The van der Waals surface area contributed by atoms with Gasteiger partial charge in [0.2, 0.25) is 0 Å². The van der Waals surface area contributed by atoms with Gasteiger partial charge in [-0.25, -0.2) is 0 Å². The first-order chi connectivity index (χ1) is 10.1. The summed E-state index contributed by atoms with van der Waals surface area (Å²) in [5, 5.41) is 0. The molecule has 0 bridgehead atoms. The second-order valence-corrected chi connectivity index (χ2v) is 7.03. The van der Waals surface area contributed by atoms with Crippen LogP contribution in [0.15, 0.2) is 22.7 Å². The second kappa shape index (κ2) is 7.73. The largest absolute Gasteiger partial charge is 0.329 e. The summed E-state index contributed by atoms with van der Waals surface area (Å²) in [6.45, 7) is 8.58. The predicted molar refractivity (Wildman–Crippen MR) is 93.6 cm³/mol. The summed E-state index contributed by atoms with van der Waals surface area (Å²) in [6.07, 6.45) is 2.40. The molecule has 2 atom stereocenters. The normalized spacial score (nSPS) is 23.0. The van der Waals surface area contributed by atoms with Crippen molar-refractivity contribution in [2.45, 2.75) is 38.8 Å². The first kappa shape index (κ1) is 16.9.